The van der Waals surface area contributed by atoms with Crippen molar-refractivity contribution in [3.8, 4) is 0 Å². The van der Waals surface area contributed by atoms with Crippen molar-refractivity contribution in [1.82, 2.24) is 4.57 Å². The first-order chi connectivity index (χ1) is 20.7. The highest BCUT2D eigenvalue weighted by Gasteiger charge is 2.33. The summed E-state index contributed by atoms with van der Waals surface area (Å²) < 4.78 is 17.8. The summed E-state index contributed by atoms with van der Waals surface area (Å²) in [5.41, 5.74) is 3.25. The third-order valence-corrected chi connectivity index (χ3v) is 8.51. The molecule has 0 bridgehead atoms. The van der Waals surface area contributed by atoms with Crippen LogP contribution in [-0.4, -0.2) is 62.1 Å². The summed E-state index contributed by atoms with van der Waals surface area (Å²) in [4.78, 5) is 45.9. The van der Waals surface area contributed by atoms with Crippen LogP contribution in [0.25, 0.3) is 6.08 Å². The molecule has 0 spiro atoms. The molecule has 11 nitrogen and oxygen atoms in total. The van der Waals surface area contributed by atoms with Gasteiger partial charge in [-0.15, -0.1) is 0 Å². The van der Waals surface area contributed by atoms with Gasteiger partial charge in [0.1, 0.15) is 12.3 Å². The second kappa shape index (κ2) is 13.0. The van der Waals surface area contributed by atoms with Gasteiger partial charge in [-0.25, -0.2) is 9.79 Å². The van der Waals surface area contributed by atoms with E-state index in [-0.39, 0.29) is 30.0 Å². The predicted molar refractivity (Wildman–Crippen MR) is 163 cm³/mol. The molecule has 226 valence electrons. The number of hydrogen-bond acceptors (Lipinski definition) is 10. The van der Waals surface area contributed by atoms with Crippen LogP contribution in [0.15, 0.2) is 63.5 Å². The number of nitro benzene ring substituents is 1. The molecule has 0 N–H and O–H groups in total. The van der Waals surface area contributed by atoms with Crippen molar-refractivity contribution in [2.45, 2.75) is 32.7 Å². The molecule has 0 saturated carbocycles. The van der Waals surface area contributed by atoms with Gasteiger partial charge in [-0.1, -0.05) is 55.5 Å². The Kier molecular flexibility index (Phi) is 9.19. The second-order valence-electron chi connectivity index (χ2n) is 10.6. The number of esters is 1. The Morgan fingerprint density at radius 1 is 1.19 bits per heavy atom. The average molecular weight is 607 g/mol. The first kappa shape index (κ1) is 30.3. The van der Waals surface area contributed by atoms with Gasteiger partial charge in [-0.3, -0.25) is 19.5 Å². The van der Waals surface area contributed by atoms with Crippen molar-refractivity contribution in [3.63, 3.8) is 0 Å². The molecule has 3 aromatic rings. The van der Waals surface area contributed by atoms with E-state index in [9.17, 15) is 19.7 Å². The van der Waals surface area contributed by atoms with Gasteiger partial charge < -0.3 is 19.1 Å². The smallest absolute Gasteiger partial charge is 0.338 e. The van der Waals surface area contributed by atoms with Gasteiger partial charge in [-0.05, 0) is 41.7 Å². The first-order valence-corrected chi connectivity index (χ1v) is 14.9. The number of nitrogens with zero attached hydrogens (tertiary/aromatic N) is 4. The number of methoxy groups -OCH3 is 1. The highest BCUT2D eigenvalue weighted by atomic mass is 32.1. The van der Waals surface area contributed by atoms with Gasteiger partial charge in [0.25, 0.3) is 11.2 Å². The Morgan fingerprint density at radius 2 is 1.91 bits per heavy atom. The molecule has 2 aliphatic heterocycles. The number of carbonyl (C=O) groups is 1. The topological polar surface area (TPSA) is 126 Å². The Labute approximate surface area is 252 Å². The molecular formula is C31H34N4O7S. The zero-order chi connectivity index (χ0) is 30.7. The van der Waals surface area contributed by atoms with Crippen LogP contribution in [0.2, 0.25) is 0 Å². The summed E-state index contributed by atoms with van der Waals surface area (Å²) in [6.07, 6.45) is 1.63. The van der Waals surface area contributed by atoms with Crippen LogP contribution in [0.4, 0.5) is 11.4 Å². The van der Waals surface area contributed by atoms with E-state index >= 15 is 0 Å². The normalized spacial score (nSPS) is 17.2. The highest BCUT2D eigenvalue weighted by molar-refractivity contribution is 7.07. The lowest BCUT2D eigenvalue weighted by molar-refractivity contribution is -0.384. The van der Waals surface area contributed by atoms with Crippen molar-refractivity contribution >= 4 is 34.8 Å². The third kappa shape index (κ3) is 6.31. The molecule has 0 radical (unpaired) electrons. The van der Waals surface area contributed by atoms with Gasteiger partial charge >= 0.3 is 5.97 Å². The molecule has 1 saturated heterocycles. The Balaban J connectivity index is 1.61. The maximum absolute atomic E-state index is 14.0. The fourth-order valence-corrected chi connectivity index (χ4v) is 6.30. The van der Waals surface area contributed by atoms with Gasteiger partial charge in [0.2, 0.25) is 0 Å². The minimum absolute atomic E-state index is 0.0384. The van der Waals surface area contributed by atoms with Crippen LogP contribution in [-0.2, 0) is 19.0 Å². The number of anilines is 1. The van der Waals surface area contributed by atoms with Crippen molar-refractivity contribution < 1.29 is 23.9 Å². The minimum Gasteiger partial charge on any atom is -0.460 e. The summed E-state index contributed by atoms with van der Waals surface area (Å²) in [6, 6.07) is 12.0. The zero-order valence-corrected chi connectivity index (χ0v) is 25.4. The number of allylic oxidation sites excluding steroid dienone is 1. The van der Waals surface area contributed by atoms with Crippen molar-refractivity contribution in [1.29, 1.82) is 0 Å². The largest absolute Gasteiger partial charge is 0.460 e. The molecule has 5 rings (SSSR count). The quantitative estimate of drug-likeness (QED) is 0.157. The van der Waals surface area contributed by atoms with Crippen molar-refractivity contribution in [2.24, 2.45) is 4.99 Å². The van der Waals surface area contributed by atoms with E-state index < -0.39 is 16.9 Å². The molecule has 2 aromatic carbocycles. The fraction of sp³-hybridized carbons (Fsp3) is 0.387. The summed E-state index contributed by atoms with van der Waals surface area (Å²) >= 11 is 1.17. The molecule has 1 unspecified atom stereocenters. The lowest BCUT2D eigenvalue weighted by Crippen LogP contribution is -2.40. The van der Waals surface area contributed by atoms with Crippen LogP contribution < -0.4 is 19.8 Å². The van der Waals surface area contributed by atoms with Crippen LogP contribution in [0.3, 0.4) is 0 Å². The van der Waals surface area contributed by atoms with Gasteiger partial charge in [0.15, 0.2) is 4.80 Å². The number of carbonyl (C=O) groups excluding carboxylic acids is 1. The van der Waals surface area contributed by atoms with E-state index in [4.69, 9.17) is 14.2 Å². The van der Waals surface area contributed by atoms with E-state index in [2.05, 4.69) is 18.8 Å². The molecule has 1 aromatic heterocycles. The monoisotopic (exact) mass is 606 g/mol. The number of thiazole rings is 1. The lowest BCUT2D eigenvalue weighted by atomic mass is 9.93. The molecule has 12 heteroatoms. The highest BCUT2D eigenvalue weighted by Crippen LogP contribution is 2.32. The molecular weight excluding hydrogens is 572 g/mol. The molecule has 0 aliphatic carbocycles. The number of nitro groups is 1. The van der Waals surface area contributed by atoms with Crippen LogP contribution in [0, 0.1) is 10.1 Å². The molecule has 43 heavy (non-hydrogen) atoms. The molecule has 1 atom stereocenters. The van der Waals surface area contributed by atoms with E-state index in [0.29, 0.717) is 58.5 Å². The first-order valence-electron chi connectivity index (χ1n) is 14.1. The Morgan fingerprint density at radius 3 is 2.56 bits per heavy atom. The average Bonchev–Trinajstić information content (AvgIpc) is 3.30. The number of aromatic nitrogens is 1. The van der Waals surface area contributed by atoms with Crippen molar-refractivity contribution in [3.05, 3.63) is 100 Å². The van der Waals surface area contributed by atoms with E-state index in [1.165, 1.54) is 29.1 Å². The number of benzene rings is 2. The maximum atomic E-state index is 14.0. The van der Waals surface area contributed by atoms with Crippen LogP contribution >= 0.6 is 11.3 Å². The number of ether oxygens (including phenoxy) is 3. The number of hydrogen-bond donors (Lipinski definition) is 0. The SMILES string of the molecule is COCCOC(=O)C1=C(C)N=c2sc(=Cc3ccc(N4CCOCC4)c([N+](=O)[O-])c3)c(=O)n2C1c1ccc(C(C)C)cc1. The van der Waals surface area contributed by atoms with Gasteiger partial charge in [0.05, 0.1) is 46.6 Å². The number of fused-ring (bicyclic) bond motifs is 1. The van der Waals surface area contributed by atoms with Crippen LogP contribution in [0.5, 0.6) is 0 Å². The lowest BCUT2D eigenvalue weighted by Gasteiger charge is -2.28. The molecule has 3 heterocycles. The molecule has 0 amide bonds. The van der Waals surface area contributed by atoms with E-state index in [1.54, 1.807) is 25.1 Å². The fourth-order valence-electron chi connectivity index (χ4n) is 5.26. The van der Waals surface area contributed by atoms with E-state index in [0.717, 1.165) is 11.1 Å². The van der Waals surface area contributed by atoms with E-state index in [1.807, 2.05) is 29.2 Å². The van der Waals surface area contributed by atoms with Gasteiger partial charge in [0, 0.05) is 26.3 Å². The zero-order valence-electron chi connectivity index (χ0n) is 24.6. The second-order valence-corrected chi connectivity index (χ2v) is 11.6. The Bertz CT molecular complexity index is 1730. The van der Waals surface area contributed by atoms with Crippen LogP contribution in [0.1, 0.15) is 49.4 Å². The number of rotatable bonds is 9. The molecule has 2 aliphatic rings. The molecule has 1 fully saturated rings. The Hall–Kier alpha value is -4.13. The summed E-state index contributed by atoms with van der Waals surface area (Å²) in [6.45, 7) is 8.35. The predicted octanol–water partition coefficient (Wildman–Crippen LogP) is 3.29. The summed E-state index contributed by atoms with van der Waals surface area (Å²) in [5, 5.41) is 12.0. The van der Waals surface area contributed by atoms with Gasteiger partial charge in [-0.2, -0.15) is 0 Å². The summed E-state index contributed by atoms with van der Waals surface area (Å²) in [5.74, 6) is -0.259. The maximum Gasteiger partial charge on any atom is 0.338 e. The standard InChI is InChI=1S/C31H34N4O7S/c1-19(2)22-6-8-23(9-7-22)28-27(30(37)42-16-15-40-4)20(3)32-31-34(28)29(36)26(43-31)18-21-5-10-24(25(17-21)35(38)39)33-11-13-41-14-12-33/h5-10,17-19,28H,11-16H2,1-4H3. The summed E-state index contributed by atoms with van der Waals surface area (Å²) in [7, 11) is 1.52. The third-order valence-electron chi connectivity index (χ3n) is 7.53. The number of morpholine rings is 1. The minimum atomic E-state index is -0.757. The van der Waals surface area contributed by atoms with Crippen molar-refractivity contribution in [2.75, 3.05) is 51.5 Å².